The summed E-state index contributed by atoms with van der Waals surface area (Å²) < 4.78 is 6.71. The van der Waals surface area contributed by atoms with Crippen molar-refractivity contribution in [1.82, 2.24) is 29.7 Å². The van der Waals surface area contributed by atoms with E-state index in [1.54, 1.807) is 11.3 Å². The molecule has 3 aromatic heterocycles. The van der Waals surface area contributed by atoms with Crippen LogP contribution >= 0.6 is 11.3 Å². The standard InChI is InChI=1S/C27H29N7OS/c1-32-8-10-33(11-9-32)17-23-29-26-24(36-23)27(34-12-14-35-15-13-34)31-25(30-26)18-6-7-20-19-4-2-3-5-21(19)28-22(20)16-18/h2-7,16,28H,8-15,17H2,1H3. The van der Waals surface area contributed by atoms with Gasteiger partial charge < -0.3 is 19.5 Å². The van der Waals surface area contributed by atoms with E-state index in [0.29, 0.717) is 0 Å². The Hall–Kier alpha value is -3.11. The van der Waals surface area contributed by atoms with Crippen LogP contribution < -0.4 is 4.90 Å². The van der Waals surface area contributed by atoms with Crippen LogP contribution in [0.15, 0.2) is 42.5 Å². The maximum Gasteiger partial charge on any atom is 0.176 e. The number of para-hydroxylation sites is 1. The first-order valence-corrected chi connectivity index (χ1v) is 13.4. The summed E-state index contributed by atoms with van der Waals surface area (Å²) in [6.45, 7) is 8.32. The van der Waals surface area contributed by atoms with E-state index < -0.39 is 0 Å². The molecule has 0 amide bonds. The zero-order valence-corrected chi connectivity index (χ0v) is 21.2. The number of nitrogens with zero attached hydrogens (tertiary/aromatic N) is 6. The van der Waals surface area contributed by atoms with Gasteiger partial charge in [0.25, 0.3) is 0 Å². The minimum atomic E-state index is 0.717. The number of likely N-dealkylation sites (N-methyl/N-ethyl adjacent to an activating group) is 1. The number of rotatable bonds is 4. The number of aromatic nitrogens is 4. The highest BCUT2D eigenvalue weighted by atomic mass is 32.1. The summed E-state index contributed by atoms with van der Waals surface area (Å²) in [7, 11) is 2.19. The third kappa shape index (κ3) is 4.02. The molecule has 0 spiro atoms. The fourth-order valence-corrected chi connectivity index (χ4v) is 6.29. The molecule has 0 bridgehead atoms. The van der Waals surface area contributed by atoms with E-state index in [9.17, 15) is 0 Å². The minimum absolute atomic E-state index is 0.717. The monoisotopic (exact) mass is 499 g/mol. The zero-order valence-electron chi connectivity index (χ0n) is 20.4. The van der Waals surface area contributed by atoms with E-state index in [4.69, 9.17) is 19.7 Å². The van der Waals surface area contributed by atoms with Crippen LogP contribution in [0.3, 0.4) is 0 Å². The van der Waals surface area contributed by atoms with Gasteiger partial charge in [-0.15, -0.1) is 11.3 Å². The van der Waals surface area contributed by atoms with Crippen molar-refractivity contribution in [2.24, 2.45) is 0 Å². The Bertz CT molecular complexity index is 1550. The first-order valence-electron chi connectivity index (χ1n) is 12.6. The van der Waals surface area contributed by atoms with E-state index in [0.717, 1.165) is 103 Å². The minimum Gasteiger partial charge on any atom is -0.378 e. The van der Waals surface area contributed by atoms with Crippen LogP contribution in [0.2, 0.25) is 0 Å². The number of hydrogen-bond donors (Lipinski definition) is 1. The molecule has 2 aliphatic rings. The van der Waals surface area contributed by atoms with Crippen LogP contribution in [0, 0.1) is 0 Å². The molecule has 1 N–H and O–H groups in total. The number of benzene rings is 2. The van der Waals surface area contributed by atoms with E-state index in [-0.39, 0.29) is 0 Å². The number of thiazole rings is 1. The molecule has 0 saturated carbocycles. The smallest absolute Gasteiger partial charge is 0.176 e. The molecule has 0 radical (unpaired) electrons. The van der Waals surface area contributed by atoms with Crippen molar-refractivity contribution in [3.05, 3.63) is 47.5 Å². The summed E-state index contributed by atoms with van der Waals surface area (Å²) >= 11 is 1.74. The SMILES string of the molecule is CN1CCN(Cc2nc3nc(-c4ccc5c(c4)[nH]c4ccccc45)nc(N4CCOCC4)c3s2)CC1. The van der Waals surface area contributed by atoms with Crippen molar-refractivity contribution < 1.29 is 4.74 Å². The third-order valence-electron chi connectivity index (χ3n) is 7.31. The van der Waals surface area contributed by atoms with E-state index in [2.05, 4.69) is 69.2 Å². The lowest BCUT2D eigenvalue weighted by atomic mass is 10.1. The predicted octanol–water partition coefficient (Wildman–Crippen LogP) is 3.97. The Balaban J connectivity index is 1.30. The molecule has 36 heavy (non-hydrogen) atoms. The van der Waals surface area contributed by atoms with Crippen molar-refractivity contribution in [2.75, 3.05) is 64.4 Å². The molecule has 2 fully saturated rings. The number of aromatic amines is 1. The number of piperazine rings is 1. The molecule has 0 aliphatic carbocycles. The van der Waals surface area contributed by atoms with Gasteiger partial charge in [-0.2, -0.15) is 0 Å². The highest BCUT2D eigenvalue weighted by molar-refractivity contribution is 7.19. The molecule has 5 heterocycles. The summed E-state index contributed by atoms with van der Waals surface area (Å²) in [5.74, 6) is 1.71. The molecular weight excluding hydrogens is 470 g/mol. The summed E-state index contributed by atoms with van der Waals surface area (Å²) in [5.41, 5.74) is 4.04. The first kappa shape index (κ1) is 22.1. The lowest BCUT2D eigenvalue weighted by Gasteiger charge is -2.31. The normalized spacial score (nSPS) is 18.1. The summed E-state index contributed by atoms with van der Waals surface area (Å²) in [4.78, 5) is 25.9. The fraction of sp³-hybridized carbons (Fsp3) is 0.370. The van der Waals surface area contributed by atoms with Crippen LogP contribution in [-0.4, -0.2) is 89.3 Å². The van der Waals surface area contributed by atoms with Crippen molar-refractivity contribution >= 4 is 49.3 Å². The topological polar surface area (TPSA) is 73.4 Å². The second-order valence-corrected chi connectivity index (χ2v) is 10.8. The van der Waals surface area contributed by atoms with Crippen molar-refractivity contribution in [3.8, 4) is 11.4 Å². The third-order valence-corrected chi connectivity index (χ3v) is 8.34. The largest absolute Gasteiger partial charge is 0.378 e. The van der Waals surface area contributed by atoms with Gasteiger partial charge in [-0.1, -0.05) is 30.3 Å². The molecule has 2 saturated heterocycles. The first-order chi connectivity index (χ1) is 17.7. The second-order valence-electron chi connectivity index (χ2n) is 9.74. The molecule has 8 nitrogen and oxygen atoms in total. The molecule has 2 aromatic carbocycles. The van der Waals surface area contributed by atoms with Crippen LogP contribution in [0.1, 0.15) is 5.01 Å². The Labute approximate surface area is 213 Å². The Kier molecular flexibility index (Phi) is 5.58. The van der Waals surface area contributed by atoms with Gasteiger partial charge in [0.2, 0.25) is 0 Å². The number of hydrogen-bond acceptors (Lipinski definition) is 8. The van der Waals surface area contributed by atoms with Gasteiger partial charge in [-0.25, -0.2) is 15.0 Å². The fourth-order valence-electron chi connectivity index (χ4n) is 5.23. The quantitative estimate of drug-likeness (QED) is 0.401. The average Bonchev–Trinajstić information content (AvgIpc) is 3.50. The molecule has 7 rings (SSSR count). The highest BCUT2D eigenvalue weighted by Gasteiger charge is 2.23. The van der Waals surface area contributed by atoms with E-state index in [1.165, 1.54) is 10.8 Å². The lowest BCUT2D eigenvalue weighted by molar-refractivity contribution is 0.122. The van der Waals surface area contributed by atoms with Gasteiger partial charge >= 0.3 is 0 Å². The average molecular weight is 500 g/mol. The second kappa shape index (κ2) is 9.08. The Morgan fingerprint density at radius 3 is 2.56 bits per heavy atom. The number of nitrogens with one attached hydrogen (secondary N) is 1. The Morgan fingerprint density at radius 1 is 0.889 bits per heavy atom. The molecule has 5 aromatic rings. The van der Waals surface area contributed by atoms with Crippen molar-refractivity contribution in [3.63, 3.8) is 0 Å². The molecule has 184 valence electrons. The summed E-state index contributed by atoms with van der Waals surface area (Å²) in [5, 5.41) is 3.56. The number of ether oxygens (including phenoxy) is 1. The molecule has 0 unspecified atom stereocenters. The molecular formula is C27H29N7OS. The van der Waals surface area contributed by atoms with Gasteiger partial charge in [0.05, 0.1) is 19.8 Å². The maximum absolute atomic E-state index is 5.63. The van der Waals surface area contributed by atoms with Gasteiger partial charge in [-0.3, -0.25) is 4.90 Å². The molecule has 2 aliphatic heterocycles. The number of H-pyrrole nitrogens is 1. The van der Waals surface area contributed by atoms with Gasteiger partial charge in [0, 0.05) is 66.6 Å². The Morgan fingerprint density at radius 2 is 1.69 bits per heavy atom. The van der Waals surface area contributed by atoms with Gasteiger partial charge in [-0.05, 0) is 19.2 Å². The van der Waals surface area contributed by atoms with Crippen LogP contribution in [-0.2, 0) is 11.3 Å². The zero-order chi connectivity index (χ0) is 24.1. The summed E-state index contributed by atoms with van der Waals surface area (Å²) in [6.07, 6.45) is 0. The van der Waals surface area contributed by atoms with Crippen molar-refractivity contribution in [2.45, 2.75) is 6.54 Å². The number of morpholine rings is 1. The number of anilines is 1. The maximum atomic E-state index is 5.63. The van der Waals surface area contributed by atoms with Crippen LogP contribution in [0.4, 0.5) is 5.82 Å². The highest BCUT2D eigenvalue weighted by Crippen LogP contribution is 2.34. The molecule has 9 heteroatoms. The van der Waals surface area contributed by atoms with E-state index >= 15 is 0 Å². The van der Waals surface area contributed by atoms with Crippen LogP contribution in [0.5, 0.6) is 0 Å². The lowest BCUT2D eigenvalue weighted by Crippen LogP contribution is -2.43. The predicted molar refractivity (Wildman–Crippen MR) is 146 cm³/mol. The van der Waals surface area contributed by atoms with Gasteiger partial charge in [0.1, 0.15) is 9.71 Å². The summed E-state index contributed by atoms with van der Waals surface area (Å²) in [6, 6.07) is 14.9. The number of fused-ring (bicyclic) bond motifs is 4. The van der Waals surface area contributed by atoms with Crippen molar-refractivity contribution in [1.29, 1.82) is 0 Å². The van der Waals surface area contributed by atoms with Gasteiger partial charge in [0.15, 0.2) is 17.3 Å². The van der Waals surface area contributed by atoms with E-state index in [1.807, 2.05) is 0 Å². The molecule has 0 atom stereocenters. The van der Waals surface area contributed by atoms with Crippen LogP contribution in [0.25, 0.3) is 43.5 Å².